The number of rotatable bonds is 4. The Bertz CT molecular complexity index is 610. The maximum absolute atomic E-state index is 6.14. The maximum Gasteiger partial charge on any atom is 0.246 e. The summed E-state index contributed by atoms with van der Waals surface area (Å²) < 4.78 is 5.46. The lowest BCUT2D eigenvalue weighted by atomic mass is 9.91. The number of benzene rings is 1. The van der Waals surface area contributed by atoms with Gasteiger partial charge in [0.25, 0.3) is 0 Å². The number of hydrogen-bond donors (Lipinski definition) is 1. The normalized spacial score (nSPS) is 22.4. The van der Waals surface area contributed by atoms with Gasteiger partial charge in [-0.25, -0.2) is 0 Å². The third-order valence-electron chi connectivity index (χ3n) is 3.75. The van der Waals surface area contributed by atoms with E-state index in [-0.39, 0.29) is 5.54 Å². The number of nitrogens with zero attached hydrogens (tertiary/aromatic N) is 2. The predicted octanol–water partition coefficient (Wildman–Crippen LogP) is 4.00. The van der Waals surface area contributed by atoms with Crippen molar-refractivity contribution in [1.29, 1.82) is 0 Å². The van der Waals surface area contributed by atoms with E-state index in [1.165, 1.54) is 12.8 Å². The Morgan fingerprint density at radius 3 is 3.00 bits per heavy atom. The van der Waals surface area contributed by atoms with E-state index in [9.17, 15) is 0 Å². The lowest BCUT2D eigenvalue weighted by Gasteiger charge is -2.31. The summed E-state index contributed by atoms with van der Waals surface area (Å²) in [5.41, 5.74) is -0.182. The second-order valence-electron chi connectivity index (χ2n) is 5.45. The van der Waals surface area contributed by atoms with Crippen LogP contribution in [0.3, 0.4) is 0 Å². The number of hydrogen-bond acceptors (Lipinski definition) is 5. The summed E-state index contributed by atoms with van der Waals surface area (Å²) in [5, 5.41) is 8.33. The molecule has 3 rings (SSSR count). The van der Waals surface area contributed by atoms with Crippen LogP contribution in [0.5, 0.6) is 0 Å². The van der Waals surface area contributed by atoms with E-state index in [1.54, 1.807) is 11.8 Å². The number of thioether (sulfide) groups is 1. The van der Waals surface area contributed by atoms with Crippen LogP contribution >= 0.6 is 23.4 Å². The molecule has 1 aliphatic rings. The fraction of sp³-hybridized carbons (Fsp3) is 0.467. The zero-order valence-electron chi connectivity index (χ0n) is 11.9. The van der Waals surface area contributed by atoms with Gasteiger partial charge in [0.05, 0.1) is 16.3 Å². The molecule has 0 amide bonds. The van der Waals surface area contributed by atoms with Crippen molar-refractivity contribution in [2.24, 2.45) is 0 Å². The van der Waals surface area contributed by atoms with Gasteiger partial charge in [0.15, 0.2) is 5.82 Å². The van der Waals surface area contributed by atoms with E-state index in [1.807, 2.05) is 24.3 Å². The van der Waals surface area contributed by atoms with Crippen LogP contribution in [0.25, 0.3) is 0 Å². The van der Waals surface area contributed by atoms with Gasteiger partial charge in [0.2, 0.25) is 5.89 Å². The molecular formula is C15H18ClN3OS. The van der Waals surface area contributed by atoms with Crippen LogP contribution in [0.15, 0.2) is 33.7 Å². The third-order valence-corrected chi connectivity index (χ3v) is 5.26. The highest BCUT2D eigenvalue weighted by Gasteiger charge is 2.34. The van der Waals surface area contributed by atoms with Crippen LogP contribution in [-0.2, 0) is 11.3 Å². The van der Waals surface area contributed by atoms with Crippen molar-refractivity contribution in [2.45, 2.75) is 42.4 Å². The van der Waals surface area contributed by atoms with Crippen LogP contribution in [0.1, 0.15) is 37.9 Å². The minimum absolute atomic E-state index is 0.182. The van der Waals surface area contributed by atoms with Crippen molar-refractivity contribution in [3.63, 3.8) is 0 Å². The van der Waals surface area contributed by atoms with Gasteiger partial charge in [-0.3, -0.25) is 0 Å². The topological polar surface area (TPSA) is 51.0 Å². The van der Waals surface area contributed by atoms with E-state index < -0.39 is 0 Å². The highest BCUT2D eigenvalue weighted by Crippen LogP contribution is 2.31. The lowest BCUT2D eigenvalue weighted by Crippen LogP contribution is -2.43. The Hall–Kier alpha value is -1.04. The first-order chi connectivity index (χ1) is 10.2. The summed E-state index contributed by atoms with van der Waals surface area (Å²) in [7, 11) is 0. The molecule has 0 bridgehead atoms. The maximum atomic E-state index is 6.14. The highest BCUT2D eigenvalue weighted by atomic mass is 35.5. The largest absolute Gasteiger partial charge is 0.337 e. The first-order valence-corrected chi connectivity index (χ1v) is 8.49. The van der Waals surface area contributed by atoms with Crippen LogP contribution in [0.4, 0.5) is 0 Å². The van der Waals surface area contributed by atoms with Gasteiger partial charge >= 0.3 is 0 Å². The highest BCUT2D eigenvalue weighted by molar-refractivity contribution is 7.98. The van der Waals surface area contributed by atoms with Crippen LogP contribution in [-0.4, -0.2) is 16.7 Å². The van der Waals surface area contributed by atoms with Crippen molar-refractivity contribution in [3.05, 3.63) is 41.0 Å². The molecule has 6 heteroatoms. The summed E-state index contributed by atoms with van der Waals surface area (Å²) in [6.45, 7) is 3.13. The van der Waals surface area contributed by atoms with Crippen molar-refractivity contribution >= 4 is 23.4 Å². The van der Waals surface area contributed by atoms with Crippen LogP contribution in [0, 0.1) is 0 Å². The van der Waals surface area contributed by atoms with Gasteiger partial charge in [0, 0.05) is 4.90 Å². The van der Waals surface area contributed by atoms with E-state index in [0.717, 1.165) is 22.9 Å². The van der Waals surface area contributed by atoms with Gasteiger partial charge in [-0.15, -0.1) is 11.8 Å². The lowest BCUT2D eigenvalue weighted by molar-refractivity contribution is 0.206. The van der Waals surface area contributed by atoms with E-state index in [0.29, 0.717) is 17.5 Å². The summed E-state index contributed by atoms with van der Waals surface area (Å²) in [4.78, 5) is 5.58. The number of halogens is 1. The molecule has 112 valence electrons. The van der Waals surface area contributed by atoms with Crippen molar-refractivity contribution in [3.8, 4) is 0 Å². The number of aromatic nitrogens is 2. The molecule has 0 spiro atoms. The molecule has 2 heterocycles. The Balaban J connectivity index is 1.67. The van der Waals surface area contributed by atoms with E-state index in [4.69, 9.17) is 16.1 Å². The second kappa shape index (κ2) is 6.38. The molecular weight excluding hydrogens is 306 g/mol. The molecule has 21 heavy (non-hydrogen) atoms. The molecule has 0 saturated carbocycles. The molecule has 4 nitrogen and oxygen atoms in total. The molecule has 1 atom stereocenters. The zero-order chi connectivity index (χ0) is 14.7. The minimum Gasteiger partial charge on any atom is -0.337 e. The van der Waals surface area contributed by atoms with E-state index >= 15 is 0 Å². The fourth-order valence-electron chi connectivity index (χ4n) is 2.48. The van der Waals surface area contributed by atoms with Gasteiger partial charge < -0.3 is 9.84 Å². The Morgan fingerprint density at radius 2 is 2.24 bits per heavy atom. The van der Waals surface area contributed by atoms with Gasteiger partial charge in [0.1, 0.15) is 0 Å². The minimum atomic E-state index is -0.182. The van der Waals surface area contributed by atoms with Gasteiger partial charge in [-0.2, -0.15) is 4.98 Å². The summed E-state index contributed by atoms with van der Waals surface area (Å²) >= 11 is 7.77. The summed E-state index contributed by atoms with van der Waals surface area (Å²) in [6, 6.07) is 7.79. The van der Waals surface area contributed by atoms with Crippen LogP contribution in [0.2, 0.25) is 5.02 Å². The Labute approximate surface area is 133 Å². The molecule has 1 N–H and O–H groups in total. The molecule has 1 aliphatic heterocycles. The predicted molar refractivity (Wildman–Crippen MR) is 84.5 cm³/mol. The Kier molecular flexibility index (Phi) is 4.52. The zero-order valence-corrected chi connectivity index (χ0v) is 13.5. The molecule has 1 aromatic carbocycles. The monoisotopic (exact) mass is 323 g/mol. The molecule has 1 fully saturated rings. The van der Waals surface area contributed by atoms with E-state index in [2.05, 4.69) is 22.4 Å². The van der Waals surface area contributed by atoms with Gasteiger partial charge in [-0.1, -0.05) is 28.9 Å². The van der Waals surface area contributed by atoms with Crippen molar-refractivity contribution in [2.75, 3.05) is 6.54 Å². The molecule has 1 unspecified atom stereocenters. The Morgan fingerprint density at radius 1 is 1.38 bits per heavy atom. The fourth-order valence-corrected chi connectivity index (χ4v) is 3.56. The first-order valence-electron chi connectivity index (χ1n) is 7.13. The van der Waals surface area contributed by atoms with Crippen LogP contribution < -0.4 is 5.32 Å². The third kappa shape index (κ3) is 3.42. The standard InChI is InChI=1S/C15H18ClN3OS/c1-15(8-4-5-9-17-15)14-18-13(19-20-14)10-21-12-7-3-2-6-11(12)16/h2-3,6-7,17H,4-5,8-10H2,1H3. The molecule has 2 aromatic rings. The van der Waals surface area contributed by atoms with Gasteiger partial charge in [-0.05, 0) is 44.9 Å². The average molecular weight is 324 g/mol. The molecule has 0 aliphatic carbocycles. The molecule has 1 aromatic heterocycles. The number of piperidine rings is 1. The smallest absolute Gasteiger partial charge is 0.246 e. The quantitative estimate of drug-likeness (QED) is 0.862. The summed E-state index contributed by atoms with van der Waals surface area (Å²) in [6.07, 6.45) is 3.43. The first kappa shape index (κ1) is 14.9. The molecule has 1 saturated heterocycles. The number of nitrogens with one attached hydrogen (secondary N) is 1. The second-order valence-corrected chi connectivity index (χ2v) is 6.88. The van der Waals surface area contributed by atoms with Crippen molar-refractivity contribution < 1.29 is 4.52 Å². The average Bonchev–Trinajstić information content (AvgIpc) is 2.97. The summed E-state index contributed by atoms with van der Waals surface area (Å²) in [5.74, 6) is 2.06. The van der Waals surface area contributed by atoms with Crippen molar-refractivity contribution in [1.82, 2.24) is 15.5 Å². The molecule has 0 radical (unpaired) electrons. The SMILES string of the molecule is CC1(c2nc(CSc3ccccc3Cl)no2)CCCCN1.